The number of alkyl halides is 3. The number of pyridine rings is 1. The zero-order valence-corrected chi connectivity index (χ0v) is 14.3. The van der Waals surface area contributed by atoms with E-state index >= 15 is 0 Å². The molecule has 0 fully saturated rings. The van der Waals surface area contributed by atoms with Crippen LogP contribution in [0.15, 0.2) is 42.2 Å². The van der Waals surface area contributed by atoms with Crippen LogP contribution in [0.2, 0.25) is 0 Å². The zero-order chi connectivity index (χ0) is 19.6. The third kappa shape index (κ3) is 4.05. The molecule has 5 nitrogen and oxygen atoms in total. The molecular formula is C19H16F3NO4. The molecule has 0 spiro atoms. The lowest BCUT2D eigenvalue weighted by molar-refractivity contribution is -0.187. The summed E-state index contributed by atoms with van der Waals surface area (Å²) in [5, 5.41) is 9.11. The maximum absolute atomic E-state index is 13.2. The Bertz CT molecular complexity index is 879. The van der Waals surface area contributed by atoms with E-state index in [1.807, 2.05) is 13.0 Å². The quantitative estimate of drug-likeness (QED) is 0.850. The van der Waals surface area contributed by atoms with E-state index in [-0.39, 0.29) is 17.9 Å². The topological polar surface area (TPSA) is 68.7 Å². The average Bonchev–Trinajstić information content (AvgIpc) is 2.64. The standard InChI is InChI=1S/C19H16F3NO4/c1-2-12-6-13-7-14(18(24)25)17(19(20,21)22)27-16(13)8-15(12)26-10-11-4-3-5-23-9-11/h3-9,17H,2,10H2,1H3,(H,24,25). The van der Waals surface area contributed by atoms with Crippen molar-refractivity contribution in [3.63, 3.8) is 0 Å². The van der Waals surface area contributed by atoms with E-state index in [1.165, 1.54) is 6.07 Å². The van der Waals surface area contributed by atoms with Gasteiger partial charge in [-0.2, -0.15) is 13.2 Å². The molecular weight excluding hydrogens is 363 g/mol. The Balaban J connectivity index is 1.95. The van der Waals surface area contributed by atoms with Gasteiger partial charge in [-0.15, -0.1) is 0 Å². The number of aryl methyl sites for hydroxylation is 1. The lowest BCUT2D eigenvalue weighted by atomic mass is 9.98. The smallest absolute Gasteiger partial charge is 0.430 e. The molecule has 0 saturated heterocycles. The second kappa shape index (κ2) is 7.30. The van der Waals surface area contributed by atoms with Gasteiger partial charge < -0.3 is 14.6 Å². The second-order valence-electron chi connectivity index (χ2n) is 5.95. The van der Waals surface area contributed by atoms with Crippen molar-refractivity contribution in [1.82, 2.24) is 4.98 Å². The average molecular weight is 379 g/mol. The minimum absolute atomic E-state index is 0.0688. The van der Waals surface area contributed by atoms with Crippen LogP contribution >= 0.6 is 0 Å². The Morgan fingerprint density at radius 2 is 2.15 bits per heavy atom. The van der Waals surface area contributed by atoms with Crippen molar-refractivity contribution >= 4 is 12.0 Å². The maximum atomic E-state index is 13.2. The molecule has 1 aliphatic heterocycles. The van der Waals surface area contributed by atoms with Crippen molar-refractivity contribution in [2.75, 3.05) is 0 Å². The molecule has 1 N–H and O–H groups in total. The van der Waals surface area contributed by atoms with E-state index in [0.717, 1.165) is 17.2 Å². The molecule has 8 heteroatoms. The number of carbonyl (C=O) groups is 1. The summed E-state index contributed by atoms with van der Waals surface area (Å²) in [6, 6.07) is 6.53. The predicted octanol–water partition coefficient (Wildman–Crippen LogP) is 4.01. The van der Waals surface area contributed by atoms with Crippen molar-refractivity contribution in [2.24, 2.45) is 0 Å². The summed E-state index contributed by atoms with van der Waals surface area (Å²) >= 11 is 0. The molecule has 0 amide bonds. The number of fused-ring (bicyclic) bond motifs is 1. The van der Waals surface area contributed by atoms with Gasteiger partial charge in [0.25, 0.3) is 0 Å². The van der Waals surface area contributed by atoms with Crippen LogP contribution in [0.3, 0.4) is 0 Å². The molecule has 1 aromatic carbocycles. The van der Waals surface area contributed by atoms with E-state index in [2.05, 4.69) is 4.98 Å². The Morgan fingerprint density at radius 1 is 1.37 bits per heavy atom. The van der Waals surface area contributed by atoms with Crippen molar-refractivity contribution < 1.29 is 32.5 Å². The molecule has 27 heavy (non-hydrogen) atoms. The molecule has 0 aliphatic carbocycles. The summed E-state index contributed by atoms with van der Waals surface area (Å²) in [5.74, 6) is -1.35. The normalized spacial score (nSPS) is 16.1. The van der Waals surface area contributed by atoms with Gasteiger partial charge in [-0.3, -0.25) is 4.98 Å². The lowest BCUT2D eigenvalue weighted by Crippen LogP contribution is -2.40. The third-order valence-corrected chi connectivity index (χ3v) is 4.07. The maximum Gasteiger partial charge on any atom is 0.430 e. The van der Waals surface area contributed by atoms with Crippen LogP contribution in [0, 0.1) is 0 Å². The fourth-order valence-electron chi connectivity index (χ4n) is 2.75. The van der Waals surface area contributed by atoms with Crippen molar-refractivity contribution in [3.05, 3.63) is 58.9 Å². The molecule has 0 saturated carbocycles. The largest absolute Gasteiger partial charge is 0.488 e. The summed E-state index contributed by atoms with van der Waals surface area (Å²) in [6.45, 7) is 2.06. The SMILES string of the molecule is CCc1cc2c(cc1OCc1cccnc1)OC(C(F)(F)F)C(C(=O)O)=C2. The summed E-state index contributed by atoms with van der Waals surface area (Å²) < 4.78 is 50.3. The van der Waals surface area contributed by atoms with Gasteiger partial charge >= 0.3 is 12.1 Å². The predicted molar refractivity (Wildman–Crippen MR) is 90.5 cm³/mol. The first kappa shape index (κ1) is 18.8. The van der Waals surface area contributed by atoms with Crippen molar-refractivity contribution in [1.29, 1.82) is 0 Å². The van der Waals surface area contributed by atoms with Gasteiger partial charge in [0.05, 0.1) is 5.57 Å². The Morgan fingerprint density at radius 3 is 2.74 bits per heavy atom. The number of aliphatic carboxylic acids is 1. The number of carboxylic acid groups (broad SMARTS) is 1. The van der Waals surface area contributed by atoms with Crippen molar-refractivity contribution in [3.8, 4) is 11.5 Å². The number of carboxylic acids is 1. The van der Waals surface area contributed by atoms with Gasteiger partial charge in [-0.25, -0.2) is 4.79 Å². The van der Waals surface area contributed by atoms with E-state index in [1.54, 1.807) is 24.5 Å². The molecule has 1 aliphatic rings. The van der Waals surface area contributed by atoms with E-state index in [9.17, 15) is 18.0 Å². The molecule has 2 heterocycles. The highest BCUT2D eigenvalue weighted by atomic mass is 19.4. The van der Waals surface area contributed by atoms with E-state index in [4.69, 9.17) is 14.6 Å². The molecule has 0 radical (unpaired) electrons. The van der Waals surface area contributed by atoms with E-state index < -0.39 is 23.8 Å². The number of nitrogens with zero attached hydrogens (tertiary/aromatic N) is 1. The number of halogens is 3. The number of hydrogen-bond acceptors (Lipinski definition) is 4. The first-order valence-corrected chi connectivity index (χ1v) is 8.16. The van der Waals surface area contributed by atoms with Crippen LogP contribution in [0.5, 0.6) is 11.5 Å². The van der Waals surface area contributed by atoms with Gasteiger partial charge in [-0.05, 0) is 30.2 Å². The molecule has 1 aromatic heterocycles. The van der Waals surface area contributed by atoms with E-state index in [0.29, 0.717) is 12.2 Å². The first-order valence-electron chi connectivity index (χ1n) is 8.16. The van der Waals surface area contributed by atoms with Crippen LogP contribution in [-0.4, -0.2) is 28.3 Å². The number of ether oxygens (including phenoxy) is 2. The van der Waals surface area contributed by atoms with Gasteiger partial charge in [0.15, 0.2) is 0 Å². The number of aromatic nitrogens is 1. The van der Waals surface area contributed by atoms with Crippen LogP contribution in [0.25, 0.3) is 6.08 Å². The lowest BCUT2D eigenvalue weighted by Gasteiger charge is -2.28. The molecule has 3 rings (SSSR count). The molecule has 0 bridgehead atoms. The highest BCUT2D eigenvalue weighted by Crippen LogP contribution is 2.40. The van der Waals surface area contributed by atoms with Crippen LogP contribution in [-0.2, 0) is 17.8 Å². The molecule has 142 valence electrons. The summed E-state index contributed by atoms with van der Waals surface area (Å²) in [6.07, 6.45) is -2.57. The second-order valence-corrected chi connectivity index (χ2v) is 5.95. The van der Waals surface area contributed by atoms with Gasteiger partial charge in [0.2, 0.25) is 6.10 Å². The van der Waals surface area contributed by atoms with Crippen LogP contribution in [0.1, 0.15) is 23.6 Å². The minimum atomic E-state index is -4.85. The summed E-state index contributed by atoms with van der Waals surface area (Å²) in [4.78, 5) is 15.2. The Hall–Kier alpha value is -3.03. The summed E-state index contributed by atoms with van der Waals surface area (Å²) in [7, 11) is 0. The highest BCUT2D eigenvalue weighted by Gasteiger charge is 2.48. The Kier molecular flexibility index (Phi) is 5.07. The molecule has 1 unspecified atom stereocenters. The van der Waals surface area contributed by atoms with Crippen molar-refractivity contribution in [2.45, 2.75) is 32.2 Å². The minimum Gasteiger partial charge on any atom is -0.488 e. The highest BCUT2D eigenvalue weighted by molar-refractivity contribution is 5.95. The zero-order valence-electron chi connectivity index (χ0n) is 14.3. The van der Waals surface area contributed by atoms with Gasteiger partial charge in [0.1, 0.15) is 18.1 Å². The molecule has 2 aromatic rings. The van der Waals surface area contributed by atoms with Crippen LogP contribution in [0.4, 0.5) is 13.2 Å². The Labute approximate surface area is 153 Å². The van der Waals surface area contributed by atoms with Crippen LogP contribution < -0.4 is 9.47 Å². The number of benzene rings is 1. The summed E-state index contributed by atoms with van der Waals surface area (Å²) in [5.41, 5.74) is 0.965. The number of hydrogen-bond donors (Lipinski definition) is 1. The fourth-order valence-corrected chi connectivity index (χ4v) is 2.75. The number of rotatable bonds is 5. The monoisotopic (exact) mass is 379 g/mol. The van der Waals surface area contributed by atoms with Gasteiger partial charge in [-0.1, -0.05) is 13.0 Å². The fraction of sp³-hybridized carbons (Fsp3) is 0.263. The molecule has 1 atom stereocenters. The third-order valence-electron chi connectivity index (χ3n) is 4.07. The van der Waals surface area contributed by atoms with Gasteiger partial charge in [0, 0.05) is 29.6 Å². The first-order chi connectivity index (χ1) is 12.8.